The molecule has 0 amide bonds. The summed E-state index contributed by atoms with van der Waals surface area (Å²) in [6, 6.07) is 3.52. The van der Waals surface area contributed by atoms with Crippen LogP contribution in [-0.4, -0.2) is 5.78 Å². The Balaban J connectivity index is 2.39. The number of rotatable bonds is 4. The molecule has 0 spiro atoms. The minimum absolute atomic E-state index is 0.152. The zero-order valence-corrected chi connectivity index (χ0v) is 15.3. The Labute approximate surface area is 158 Å². The molecule has 0 aromatic heterocycles. The molecule has 1 aliphatic rings. The van der Waals surface area contributed by atoms with Crippen LogP contribution in [0.2, 0.25) is 10.0 Å². The number of benzene rings is 1. The van der Waals surface area contributed by atoms with Crippen molar-refractivity contribution in [3.63, 3.8) is 0 Å². The van der Waals surface area contributed by atoms with Gasteiger partial charge < -0.3 is 4.74 Å². The largest absolute Gasteiger partial charge is 0.455 e. The summed E-state index contributed by atoms with van der Waals surface area (Å²) in [6.45, 7) is 3.30. The maximum Gasteiger partial charge on any atom is 0.416 e. The van der Waals surface area contributed by atoms with Crippen LogP contribution in [0.1, 0.15) is 25.8 Å². The summed E-state index contributed by atoms with van der Waals surface area (Å²) in [6.07, 6.45) is 0.0727. The van der Waals surface area contributed by atoms with E-state index in [1.165, 1.54) is 18.2 Å². The Morgan fingerprint density at radius 2 is 1.92 bits per heavy atom. The Bertz CT molecular complexity index is 817. The second-order valence-corrected chi connectivity index (χ2v) is 6.78. The van der Waals surface area contributed by atoms with Gasteiger partial charge in [-0.1, -0.05) is 36.2 Å². The molecule has 0 N–H and O–H groups in total. The van der Waals surface area contributed by atoms with Crippen LogP contribution < -0.4 is 4.74 Å². The smallest absolute Gasteiger partial charge is 0.416 e. The van der Waals surface area contributed by atoms with Gasteiger partial charge >= 0.3 is 6.18 Å². The van der Waals surface area contributed by atoms with Crippen LogP contribution in [0.15, 0.2) is 36.1 Å². The van der Waals surface area contributed by atoms with Gasteiger partial charge in [0.05, 0.1) is 33.0 Å². The molecule has 1 aromatic rings. The number of alkyl halides is 3. The molecular formula is C18H14Cl2F3NO2. The topological polar surface area (TPSA) is 50.1 Å². The van der Waals surface area contributed by atoms with Gasteiger partial charge in [-0.25, -0.2) is 0 Å². The molecule has 0 bridgehead atoms. The number of ether oxygens (including phenoxy) is 1. The lowest BCUT2D eigenvalue weighted by molar-refractivity contribution is -0.137. The fourth-order valence-corrected chi connectivity index (χ4v) is 3.08. The molecular weight excluding hydrogens is 390 g/mol. The minimum Gasteiger partial charge on any atom is -0.455 e. The van der Waals surface area contributed by atoms with E-state index < -0.39 is 23.1 Å². The Morgan fingerprint density at radius 3 is 2.38 bits per heavy atom. The van der Waals surface area contributed by atoms with Gasteiger partial charge in [0, 0.05) is 6.42 Å². The van der Waals surface area contributed by atoms with Crippen LogP contribution in [0, 0.1) is 22.7 Å². The average molecular weight is 404 g/mol. The number of ketones is 1. The number of carbonyl (C=O) groups excluding carboxylic acids is 1. The highest BCUT2D eigenvalue weighted by Crippen LogP contribution is 2.42. The van der Waals surface area contributed by atoms with E-state index in [1.807, 2.05) is 0 Å². The summed E-state index contributed by atoms with van der Waals surface area (Å²) >= 11 is 11.8. The molecule has 8 heteroatoms. The quantitative estimate of drug-likeness (QED) is 0.621. The monoisotopic (exact) mass is 403 g/mol. The molecule has 0 saturated carbocycles. The van der Waals surface area contributed by atoms with Crippen LogP contribution in [0.4, 0.5) is 13.2 Å². The average Bonchev–Trinajstić information content (AvgIpc) is 2.57. The highest BCUT2D eigenvalue weighted by atomic mass is 35.5. The third-order valence-corrected chi connectivity index (χ3v) is 4.61. The van der Waals surface area contributed by atoms with Gasteiger partial charge in [-0.3, -0.25) is 4.79 Å². The predicted octanol–water partition coefficient (Wildman–Crippen LogP) is 5.97. The van der Waals surface area contributed by atoms with Gasteiger partial charge in [-0.05, 0) is 31.2 Å². The van der Waals surface area contributed by atoms with E-state index in [2.05, 4.69) is 6.07 Å². The lowest BCUT2D eigenvalue weighted by atomic mass is 9.72. The van der Waals surface area contributed by atoms with E-state index in [0.717, 1.165) is 0 Å². The number of allylic oxidation sites excluding steroid dienone is 3. The normalized spacial score (nSPS) is 22.5. The minimum atomic E-state index is -4.59. The number of hydrogen-bond acceptors (Lipinski definition) is 3. The van der Waals surface area contributed by atoms with Gasteiger partial charge in [0.25, 0.3) is 0 Å². The molecule has 1 aliphatic carbocycles. The number of halogens is 5. The number of carbonyl (C=O) groups is 1. The third-order valence-electron chi connectivity index (χ3n) is 4.05. The van der Waals surface area contributed by atoms with Gasteiger partial charge in [0.1, 0.15) is 11.5 Å². The summed E-state index contributed by atoms with van der Waals surface area (Å²) in [5.41, 5.74) is -2.03. The van der Waals surface area contributed by atoms with Crippen molar-refractivity contribution in [3.8, 4) is 11.8 Å². The van der Waals surface area contributed by atoms with Crippen molar-refractivity contribution < 1.29 is 22.7 Å². The van der Waals surface area contributed by atoms with Gasteiger partial charge in [-0.15, -0.1) is 0 Å². The van der Waals surface area contributed by atoms with Gasteiger partial charge in [0.2, 0.25) is 0 Å². The van der Waals surface area contributed by atoms with Crippen LogP contribution >= 0.6 is 23.2 Å². The summed E-state index contributed by atoms with van der Waals surface area (Å²) in [7, 11) is 0. The number of hydrogen-bond donors (Lipinski definition) is 0. The first kappa shape index (κ1) is 20.3. The van der Waals surface area contributed by atoms with Gasteiger partial charge in [-0.2, -0.15) is 18.4 Å². The lowest BCUT2D eigenvalue weighted by Crippen LogP contribution is -2.31. The second kappa shape index (κ2) is 7.34. The molecule has 0 fully saturated rings. The maximum absolute atomic E-state index is 12.8. The Morgan fingerprint density at radius 1 is 1.35 bits per heavy atom. The highest BCUT2D eigenvalue weighted by Gasteiger charge is 2.38. The molecule has 0 saturated heterocycles. The Kier molecular flexibility index (Phi) is 5.74. The molecule has 0 radical (unpaired) electrons. The standard InChI is InChI=1S/C18H14Cl2F3NO2/c1-3-15(25)12-8-11(4-5-17(12,2)9-24)26-16-13(19)6-10(7-14(16)20)18(21,22)23/h4-8,12H,3H2,1-2H3. The first-order chi connectivity index (χ1) is 12.0. The van der Waals surface area contributed by atoms with Crippen molar-refractivity contribution in [2.24, 2.45) is 11.3 Å². The van der Waals surface area contributed by atoms with Crippen molar-refractivity contribution in [3.05, 3.63) is 51.7 Å². The number of nitrogens with zero attached hydrogens (tertiary/aromatic N) is 1. The van der Waals surface area contributed by atoms with Crippen LogP contribution in [-0.2, 0) is 11.0 Å². The molecule has 26 heavy (non-hydrogen) atoms. The van der Waals surface area contributed by atoms with Crippen LogP contribution in [0.5, 0.6) is 5.75 Å². The third kappa shape index (κ3) is 4.05. The summed E-state index contributed by atoms with van der Waals surface area (Å²) in [5, 5.41) is 8.74. The molecule has 1 aromatic carbocycles. The SMILES string of the molecule is CCC(=O)C1C=C(Oc2c(Cl)cc(C(F)(F)F)cc2Cl)C=CC1(C)C#N. The summed E-state index contributed by atoms with van der Waals surface area (Å²) in [5.74, 6) is -0.887. The molecule has 3 nitrogen and oxygen atoms in total. The summed E-state index contributed by atoms with van der Waals surface area (Å²) < 4.78 is 43.9. The molecule has 2 unspecified atom stereocenters. The first-order valence-corrected chi connectivity index (χ1v) is 8.36. The zero-order chi connectivity index (χ0) is 19.7. The van der Waals surface area contributed by atoms with Crippen molar-refractivity contribution in [1.82, 2.24) is 0 Å². The lowest BCUT2D eigenvalue weighted by Gasteiger charge is -2.29. The first-order valence-electron chi connectivity index (χ1n) is 7.61. The molecule has 0 aliphatic heterocycles. The molecule has 0 heterocycles. The highest BCUT2D eigenvalue weighted by molar-refractivity contribution is 6.37. The van der Waals surface area contributed by atoms with Crippen molar-refractivity contribution in [2.75, 3.05) is 0 Å². The molecule has 2 atom stereocenters. The van der Waals surface area contributed by atoms with E-state index in [4.69, 9.17) is 27.9 Å². The van der Waals surface area contributed by atoms with Crippen molar-refractivity contribution in [1.29, 1.82) is 5.26 Å². The molecule has 2 rings (SSSR count). The van der Waals surface area contributed by atoms with Gasteiger partial charge in [0.15, 0.2) is 5.75 Å². The Hall–Kier alpha value is -1.97. The fourth-order valence-electron chi connectivity index (χ4n) is 2.51. The fraction of sp³-hybridized carbons (Fsp3) is 0.333. The van der Waals surface area contributed by atoms with Crippen molar-refractivity contribution >= 4 is 29.0 Å². The second-order valence-electron chi connectivity index (χ2n) is 5.96. The van der Waals surface area contributed by atoms with Crippen LogP contribution in [0.25, 0.3) is 0 Å². The number of nitriles is 1. The number of Topliss-reactive ketones (excluding diaryl/α,β-unsaturated/α-hetero) is 1. The van der Waals surface area contributed by atoms with E-state index in [1.54, 1.807) is 13.8 Å². The van der Waals surface area contributed by atoms with Crippen molar-refractivity contribution in [2.45, 2.75) is 26.4 Å². The van der Waals surface area contributed by atoms with E-state index in [9.17, 15) is 23.2 Å². The zero-order valence-electron chi connectivity index (χ0n) is 13.8. The van der Waals surface area contributed by atoms with E-state index in [-0.39, 0.29) is 33.8 Å². The van der Waals surface area contributed by atoms with Crippen LogP contribution in [0.3, 0.4) is 0 Å². The predicted molar refractivity (Wildman–Crippen MR) is 91.8 cm³/mol. The van der Waals surface area contributed by atoms with E-state index >= 15 is 0 Å². The van der Waals surface area contributed by atoms with E-state index in [0.29, 0.717) is 12.1 Å². The molecule has 138 valence electrons. The summed E-state index contributed by atoms with van der Waals surface area (Å²) in [4.78, 5) is 12.2. The maximum atomic E-state index is 12.8.